The molecule has 0 aromatic heterocycles. The molecule has 0 aliphatic carbocycles. The highest BCUT2D eigenvalue weighted by Gasteiger charge is 2.50. The molecular formula is C15H29N3O3Si. The molecule has 0 saturated carbocycles. The first-order valence-electron chi connectivity index (χ1n) is 7.68. The maximum Gasteiger partial charge on any atom is 0.766 e. The molecule has 0 bridgehead atoms. The van der Waals surface area contributed by atoms with Crippen LogP contribution >= 0.6 is 0 Å². The lowest BCUT2D eigenvalue weighted by atomic mass is 10.3. The van der Waals surface area contributed by atoms with Gasteiger partial charge in [0.1, 0.15) is 0 Å². The quantitative estimate of drug-likeness (QED) is 0.242. The highest BCUT2D eigenvalue weighted by atomic mass is 28.4. The van der Waals surface area contributed by atoms with Crippen molar-refractivity contribution in [3.8, 4) is 0 Å². The number of hydrogen-bond donors (Lipinski definition) is 0. The lowest BCUT2D eigenvalue weighted by Gasteiger charge is -2.21. The maximum atomic E-state index is 5.61. The summed E-state index contributed by atoms with van der Waals surface area (Å²) < 4.78 is 16.8. The van der Waals surface area contributed by atoms with Crippen LogP contribution in [0.5, 0.6) is 0 Å². The summed E-state index contributed by atoms with van der Waals surface area (Å²) in [6.45, 7) is 15.4. The first kappa shape index (κ1) is 20.4. The van der Waals surface area contributed by atoms with Crippen LogP contribution in [0.15, 0.2) is 28.1 Å². The van der Waals surface area contributed by atoms with Gasteiger partial charge in [-0.15, -0.1) is 22.0 Å². The molecule has 0 unspecified atom stereocenters. The van der Waals surface area contributed by atoms with E-state index in [9.17, 15) is 0 Å². The summed E-state index contributed by atoms with van der Waals surface area (Å²) in [6, 6.07) is 0.370. The van der Waals surface area contributed by atoms with Crippen molar-refractivity contribution in [1.29, 1.82) is 0 Å². The molecule has 6 nitrogen and oxygen atoms in total. The van der Waals surface area contributed by atoms with Crippen molar-refractivity contribution in [2.75, 3.05) is 0 Å². The Labute approximate surface area is 135 Å². The SMILES string of the molecule is C=CC[Si](ON=C(C)CC)(ON=C(C)CC)ON=C(C)CC. The van der Waals surface area contributed by atoms with Crippen molar-refractivity contribution in [2.45, 2.75) is 66.8 Å². The Balaban J connectivity index is 5.37. The molecule has 0 radical (unpaired) electrons. The molecular weight excluding hydrogens is 298 g/mol. The van der Waals surface area contributed by atoms with E-state index in [-0.39, 0.29) is 0 Å². The van der Waals surface area contributed by atoms with Gasteiger partial charge >= 0.3 is 8.80 Å². The van der Waals surface area contributed by atoms with Crippen molar-refractivity contribution < 1.29 is 13.6 Å². The highest BCUT2D eigenvalue weighted by molar-refractivity contribution is 6.61. The Morgan fingerprint density at radius 2 is 1.14 bits per heavy atom. The molecule has 0 rings (SSSR count). The average molecular weight is 328 g/mol. The fraction of sp³-hybridized carbons (Fsp3) is 0.667. The topological polar surface area (TPSA) is 64.8 Å². The molecule has 7 heteroatoms. The summed E-state index contributed by atoms with van der Waals surface area (Å²) in [7, 11) is -3.21. The third-order valence-corrected chi connectivity index (χ3v) is 4.85. The van der Waals surface area contributed by atoms with Gasteiger partial charge in [0.2, 0.25) is 0 Å². The zero-order valence-corrected chi connectivity index (χ0v) is 15.7. The normalized spacial score (nSPS) is 16.0. The minimum Gasteiger partial charge on any atom is -0.373 e. The van der Waals surface area contributed by atoms with Gasteiger partial charge in [0.25, 0.3) is 0 Å². The molecule has 0 heterocycles. The minimum absolute atomic E-state index is 0.370. The fourth-order valence-electron chi connectivity index (χ4n) is 0.975. The van der Waals surface area contributed by atoms with Gasteiger partial charge in [0, 0.05) is 0 Å². The van der Waals surface area contributed by atoms with Gasteiger partial charge in [-0.25, -0.2) is 0 Å². The monoisotopic (exact) mass is 327 g/mol. The molecule has 0 aliphatic heterocycles. The van der Waals surface area contributed by atoms with Crippen molar-refractivity contribution in [2.24, 2.45) is 15.5 Å². The van der Waals surface area contributed by atoms with Gasteiger partial charge in [0.05, 0.1) is 23.2 Å². The molecule has 0 aromatic carbocycles. The maximum absolute atomic E-state index is 5.61. The van der Waals surface area contributed by atoms with Crippen LogP contribution in [-0.4, -0.2) is 25.9 Å². The van der Waals surface area contributed by atoms with E-state index in [1.807, 2.05) is 41.5 Å². The Hall–Kier alpha value is -1.63. The molecule has 0 aliphatic rings. The van der Waals surface area contributed by atoms with Crippen LogP contribution in [-0.2, 0) is 13.6 Å². The van der Waals surface area contributed by atoms with E-state index in [0.717, 1.165) is 36.4 Å². The molecule has 0 N–H and O–H groups in total. The zero-order chi connectivity index (χ0) is 17.0. The van der Waals surface area contributed by atoms with Crippen LogP contribution in [0.2, 0.25) is 6.04 Å². The summed E-state index contributed by atoms with van der Waals surface area (Å²) in [4.78, 5) is 0. The summed E-state index contributed by atoms with van der Waals surface area (Å²) in [6.07, 6.45) is 4.03. The highest BCUT2D eigenvalue weighted by Crippen LogP contribution is 2.19. The van der Waals surface area contributed by atoms with E-state index in [2.05, 4.69) is 22.0 Å². The molecule has 0 amide bonds. The molecule has 22 heavy (non-hydrogen) atoms. The van der Waals surface area contributed by atoms with Gasteiger partial charge in [-0.3, -0.25) is 0 Å². The average Bonchev–Trinajstić information content (AvgIpc) is 2.54. The summed E-state index contributed by atoms with van der Waals surface area (Å²) in [5.41, 5.74) is 2.54. The number of hydrogen-bond acceptors (Lipinski definition) is 6. The minimum atomic E-state index is -3.21. The zero-order valence-electron chi connectivity index (χ0n) is 14.7. The van der Waals surface area contributed by atoms with Crippen molar-refractivity contribution in [1.82, 2.24) is 0 Å². The first-order chi connectivity index (χ1) is 10.4. The largest absolute Gasteiger partial charge is 0.766 e. The number of nitrogens with zero attached hydrogens (tertiary/aromatic N) is 3. The van der Waals surface area contributed by atoms with Crippen molar-refractivity contribution in [3.05, 3.63) is 12.7 Å². The van der Waals surface area contributed by atoms with Crippen LogP contribution in [0.1, 0.15) is 60.8 Å². The first-order valence-corrected chi connectivity index (χ1v) is 9.61. The van der Waals surface area contributed by atoms with Gasteiger partial charge in [-0.2, -0.15) is 0 Å². The number of rotatable bonds is 11. The Bertz CT molecular complexity index is 379. The van der Waals surface area contributed by atoms with E-state index < -0.39 is 8.80 Å². The number of allylic oxidation sites excluding steroid dienone is 1. The second-order valence-corrected chi connectivity index (χ2v) is 7.31. The predicted octanol–water partition coefficient (Wildman–Crippen LogP) is 4.52. The number of oxime groups is 3. The summed E-state index contributed by atoms with van der Waals surface area (Å²) in [5, 5.41) is 12.3. The van der Waals surface area contributed by atoms with Crippen LogP contribution < -0.4 is 0 Å². The Kier molecular flexibility index (Phi) is 10.2. The van der Waals surface area contributed by atoms with E-state index >= 15 is 0 Å². The van der Waals surface area contributed by atoms with E-state index in [1.165, 1.54) is 0 Å². The fourth-order valence-corrected chi connectivity index (χ4v) is 2.54. The second-order valence-electron chi connectivity index (χ2n) is 4.99. The van der Waals surface area contributed by atoms with Gasteiger partial charge in [-0.05, 0) is 40.0 Å². The Morgan fingerprint density at radius 3 is 1.36 bits per heavy atom. The van der Waals surface area contributed by atoms with E-state index in [1.54, 1.807) is 6.08 Å². The van der Waals surface area contributed by atoms with Gasteiger partial charge in [-0.1, -0.05) is 26.8 Å². The van der Waals surface area contributed by atoms with E-state index in [0.29, 0.717) is 6.04 Å². The van der Waals surface area contributed by atoms with Crippen LogP contribution in [0.4, 0.5) is 0 Å². The summed E-state index contributed by atoms with van der Waals surface area (Å²) >= 11 is 0. The lowest BCUT2D eigenvalue weighted by molar-refractivity contribution is 0.0683. The van der Waals surface area contributed by atoms with Crippen molar-refractivity contribution >= 4 is 25.9 Å². The molecule has 0 fully saturated rings. The van der Waals surface area contributed by atoms with Gasteiger partial charge < -0.3 is 13.6 Å². The van der Waals surface area contributed by atoms with Crippen LogP contribution in [0.25, 0.3) is 0 Å². The third-order valence-electron chi connectivity index (χ3n) is 2.95. The predicted molar refractivity (Wildman–Crippen MR) is 94.2 cm³/mol. The molecule has 0 spiro atoms. The smallest absolute Gasteiger partial charge is 0.373 e. The van der Waals surface area contributed by atoms with Crippen LogP contribution in [0, 0.1) is 0 Å². The lowest BCUT2D eigenvalue weighted by Crippen LogP contribution is -2.41. The standard InChI is InChI=1S/C15H29N3O3Si/c1-8-12-22(19-16-13(5)9-2,20-17-14(6)10-3)21-18-15(7)11-4/h8H,1,9-12H2,2-7H3. The molecule has 126 valence electrons. The molecule has 0 atom stereocenters. The molecule has 0 saturated heterocycles. The molecule has 0 aromatic rings. The van der Waals surface area contributed by atoms with E-state index in [4.69, 9.17) is 13.6 Å². The van der Waals surface area contributed by atoms with Crippen molar-refractivity contribution in [3.63, 3.8) is 0 Å². The third kappa shape index (κ3) is 7.97. The van der Waals surface area contributed by atoms with Gasteiger partial charge in [0.15, 0.2) is 0 Å². The Morgan fingerprint density at radius 1 is 0.818 bits per heavy atom. The summed E-state index contributed by atoms with van der Waals surface area (Å²) in [5.74, 6) is 0. The van der Waals surface area contributed by atoms with Crippen LogP contribution in [0.3, 0.4) is 0 Å². The second kappa shape index (κ2) is 11.0.